The Hall–Kier alpha value is -2.36. The van der Waals surface area contributed by atoms with E-state index >= 15 is 0 Å². The molecular weight excluding hydrogens is 298 g/mol. The molecule has 1 aliphatic rings. The Morgan fingerprint density at radius 2 is 1.96 bits per heavy atom. The molecule has 0 spiro atoms. The molecule has 1 fully saturated rings. The van der Waals surface area contributed by atoms with E-state index in [1.165, 1.54) is 0 Å². The van der Waals surface area contributed by atoms with Crippen molar-refractivity contribution < 1.29 is 0 Å². The maximum Gasteiger partial charge on any atom is 0.259 e. The van der Waals surface area contributed by atoms with E-state index in [0.717, 1.165) is 40.4 Å². The summed E-state index contributed by atoms with van der Waals surface area (Å²) in [6, 6.07) is 8.66. The first-order chi connectivity index (χ1) is 11.4. The predicted octanol–water partition coefficient (Wildman–Crippen LogP) is 4.03. The summed E-state index contributed by atoms with van der Waals surface area (Å²) in [5, 5.41) is 6.09. The minimum atomic E-state index is -0.0553. The van der Waals surface area contributed by atoms with Crippen LogP contribution in [0, 0.1) is 0 Å². The summed E-state index contributed by atoms with van der Waals surface area (Å²) in [4.78, 5) is 13.4. The molecule has 0 amide bonds. The van der Waals surface area contributed by atoms with Crippen LogP contribution < -0.4 is 5.56 Å². The van der Waals surface area contributed by atoms with Crippen molar-refractivity contribution >= 4 is 10.8 Å². The van der Waals surface area contributed by atoms with Gasteiger partial charge in [-0.3, -0.25) is 9.48 Å². The number of hydrogen-bond acceptors (Lipinski definition) is 2. The highest BCUT2D eigenvalue weighted by atomic mass is 16.1. The molecule has 4 rings (SSSR count). The Morgan fingerprint density at radius 1 is 1.21 bits per heavy atom. The summed E-state index contributed by atoms with van der Waals surface area (Å²) < 4.78 is 3.82. The lowest BCUT2D eigenvalue weighted by Gasteiger charge is -2.25. The summed E-state index contributed by atoms with van der Waals surface area (Å²) in [5.74, 6) is 0. The van der Waals surface area contributed by atoms with Crippen LogP contribution in [0.15, 0.2) is 41.5 Å². The minimum absolute atomic E-state index is 0.0553. The smallest absolute Gasteiger partial charge is 0.259 e. The van der Waals surface area contributed by atoms with Gasteiger partial charge in [-0.15, -0.1) is 0 Å². The molecule has 2 aromatic heterocycles. The number of aryl methyl sites for hydroxylation is 1. The number of rotatable bonds is 2. The fourth-order valence-corrected chi connectivity index (χ4v) is 3.45. The van der Waals surface area contributed by atoms with E-state index in [1.807, 2.05) is 42.2 Å². The van der Waals surface area contributed by atoms with Gasteiger partial charge in [0.1, 0.15) is 0 Å². The van der Waals surface area contributed by atoms with Gasteiger partial charge in [0, 0.05) is 36.0 Å². The fraction of sp³-hybridized carbons (Fsp3) is 0.400. The Morgan fingerprint density at radius 3 is 2.54 bits per heavy atom. The van der Waals surface area contributed by atoms with Crippen LogP contribution in [0.1, 0.15) is 45.3 Å². The third-order valence-corrected chi connectivity index (χ3v) is 4.78. The summed E-state index contributed by atoms with van der Waals surface area (Å²) in [6.07, 6.45) is 5.99. The van der Waals surface area contributed by atoms with Crippen LogP contribution in [-0.2, 0) is 12.5 Å². The van der Waals surface area contributed by atoms with E-state index in [9.17, 15) is 4.79 Å². The summed E-state index contributed by atoms with van der Waals surface area (Å²) in [7, 11) is 1.90. The molecule has 1 aliphatic carbocycles. The van der Waals surface area contributed by atoms with Crippen LogP contribution in [0.5, 0.6) is 0 Å². The topological polar surface area (TPSA) is 39.8 Å². The van der Waals surface area contributed by atoms with Crippen molar-refractivity contribution in [2.45, 2.75) is 45.1 Å². The largest absolute Gasteiger partial charge is 0.308 e. The molecule has 2 heterocycles. The second-order valence-electron chi connectivity index (χ2n) is 7.86. The molecule has 1 aromatic carbocycles. The predicted molar refractivity (Wildman–Crippen MR) is 97.4 cm³/mol. The molecule has 3 aromatic rings. The normalized spacial score (nSPS) is 15.2. The zero-order chi connectivity index (χ0) is 17.1. The fourth-order valence-electron chi connectivity index (χ4n) is 3.45. The number of benzene rings is 1. The Balaban J connectivity index is 2.09. The average molecular weight is 321 g/mol. The van der Waals surface area contributed by atoms with E-state index in [0.29, 0.717) is 6.04 Å². The van der Waals surface area contributed by atoms with E-state index in [-0.39, 0.29) is 11.0 Å². The van der Waals surface area contributed by atoms with Crippen LogP contribution in [0.25, 0.3) is 21.9 Å². The summed E-state index contributed by atoms with van der Waals surface area (Å²) in [6.45, 7) is 6.53. The zero-order valence-corrected chi connectivity index (χ0v) is 14.7. The minimum Gasteiger partial charge on any atom is -0.308 e. The number of aromatic nitrogens is 3. The molecule has 0 aliphatic heterocycles. The second-order valence-corrected chi connectivity index (χ2v) is 7.86. The van der Waals surface area contributed by atoms with Gasteiger partial charge in [-0.2, -0.15) is 5.10 Å². The standard InChI is InChI=1S/C20H23N3O/c1-20(2,3)17-10-13-6-5-7-16(14-11-21-22(4)12-14)18(13)19(24)23(17)15-8-9-15/h5-7,10-12,15H,8-9H2,1-4H3. The average Bonchev–Trinajstić information content (AvgIpc) is 3.26. The number of fused-ring (bicyclic) bond motifs is 1. The van der Waals surface area contributed by atoms with Crippen molar-refractivity contribution in [3.8, 4) is 11.1 Å². The molecular formula is C20H23N3O. The van der Waals surface area contributed by atoms with Crippen molar-refractivity contribution in [3.05, 3.63) is 52.7 Å². The van der Waals surface area contributed by atoms with Gasteiger partial charge in [0.2, 0.25) is 0 Å². The molecule has 24 heavy (non-hydrogen) atoms. The number of hydrogen-bond donors (Lipinski definition) is 0. The Labute approximate surface area is 141 Å². The molecule has 0 atom stereocenters. The van der Waals surface area contributed by atoms with Gasteiger partial charge in [0.15, 0.2) is 0 Å². The van der Waals surface area contributed by atoms with Gasteiger partial charge < -0.3 is 4.57 Å². The molecule has 0 bridgehead atoms. The second kappa shape index (κ2) is 5.07. The van der Waals surface area contributed by atoms with Gasteiger partial charge in [0.05, 0.1) is 11.6 Å². The highest BCUT2D eigenvalue weighted by molar-refractivity contribution is 5.96. The van der Waals surface area contributed by atoms with E-state index in [1.54, 1.807) is 4.68 Å². The first-order valence-electron chi connectivity index (χ1n) is 8.54. The van der Waals surface area contributed by atoms with Crippen LogP contribution in [0.2, 0.25) is 0 Å². The van der Waals surface area contributed by atoms with Crippen molar-refractivity contribution in [3.63, 3.8) is 0 Å². The van der Waals surface area contributed by atoms with E-state index < -0.39 is 0 Å². The van der Waals surface area contributed by atoms with Gasteiger partial charge in [0.25, 0.3) is 5.56 Å². The summed E-state index contributed by atoms with van der Waals surface area (Å²) >= 11 is 0. The van der Waals surface area contributed by atoms with Crippen molar-refractivity contribution in [1.82, 2.24) is 14.3 Å². The first kappa shape index (κ1) is 15.2. The van der Waals surface area contributed by atoms with Gasteiger partial charge in [-0.25, -0.2) is 0 Å². The molecule has 4 nitrogen and oxygen atoms in total. The maximum atomic E-state index is 13.4. The third-order valence-electron chi connectivity index (χ3n) is 4.78. The lowest BCUT2D eigenvalue weighted by Crippen LogP contribution is -2.29. The van der Waals surface area contributed by atoms with Crippen LogP contribution in [-0.4, -0.2) is 14.3 Å². The molecule has 0 N–H and O–H groups in total. The van der Waals surface area contributed by atoms with Crippen LogP contribution >= 0.6 is 0 Å². The lowest BCUT2D eigenvalue weighted by molar-refractivity contribution is 0.508. The van der Waals surface area contributed by atoms with E-state index in [4.69, 9.17) is 0 Å². The molecule has 0 saturated heterocycles. The Kier molecular flexibility index (Phi) is 3.21. The molecule has 1 saturated carbocycles. The highest BCUT2D eigenvalue weighted by Crippen LogP contribution is 2.39. The molecule has 4 heteroatoms. The maximum absolute atomic E-state index is 13.4. The van der Waals surface area contributed by atoms with Crippen molar-refractivity contribution in [2.75, 3.05) is 0 Å². The van der Waals surface area contributed by atoms with Crippen LogP contribution in [0.4, 0.5) is 0 Å². The Bertz CT molecular complexity index is 984. The number of nitrogens with zero attached hydrogens (tertiary/aromatic N) is 3. The SMILES string of the molecule is Cn1cc(-c2cccc3cc(C(C)(C)C)n(C4CC4)c(=O)c23)cn1. The third kappa shape index (κ3) is 2.37. The van der Waals surface area contributed by atoms with Gasteiger partial charge >= 0.3 is 0 Å². The first-order valence-corrected chi connectivity index (χ1v) is 8.54. The van der Waals surface area contributed by atoms with Gasteiger partial charge in [-0.05, 0) is 29.9 Å². The summed E-state index contributed by atoms with van der Waals surface area (Å²) in [5.41, 5.74) is 3.18. The van der Waals surface area contributed by atoms with E-state index in [2.05, 4.69) is 31.9 Å². The highest BCUT2D eigenvalue weighted by Gasteiger charge is 2.31. The monoisotopic (exact) mass is 321 g/mol. The zero-order valence-electron chi connectivity index (χ0n) is 14.7. The number of pyridine rings is 1. The lowest BCUT2D eigenvalue weighted by atomic mass is 9.89. The van der Waals surface area contributed by atoms with Crippen LogP contribution in [0.3, 0.4) is 0 Å². The van der Waals surface area contributed by atoms with Gasteiger partial charge in [-0.1, -0.05) is 39.0 Å². The molecule has 0 unspecified atom stereocenters. The molecule has 0 radical (unpaired) electrons. The van der Waals surface area contributed by atoms with Crippen molar-refractivity contribution in [2.24, 2.45) is 7.05 Å². The quantitative estimate of drug-likeness (QED) is 0.715. The molecule has 124 valence electrons. The van der Waals surface area contributed by atoms with Crippen molar-refractivity contribution in [1.29, 1.82) is 0 Å².